The van der Waals surface area contributed by atoms with E-state index in [0.29, 0.717) is 58.7 Å². The van der Waals surface area contributed by atoms with Gasteiger partial charge in [0.2, 0.25) is 0 Å². The third-order valence-corrected chi connectivity index (χ3v) is 17.7. The summed E-state index contributed by atoms with van der Waals surface area (Å²) in [6.07, 6.45) is 9.44. The number of methoxy groups -OCH3 is 1. The summed E-state index contributed by atoms with van der Waals surface area (Å²) in [6, 6.07) is 28.8. The van der Waals surface area contributed by atoms with Crippen LogP contribution in [0.2, 0.25) is 0 Å². The van der Waals surface area contributed by atoms with E-state index in [1.165, 1.54) is 5.56 Å². The van der Waals surface area contributed by atoms with Crippen molar-refractivity contribution in [1.29, 1.82) is 0 Å². The molecule has 1 unspecified atom stereocenters. The molecule has 0 spiro atoms. The van der Waals surface area contributed by atoms with Crippen LogP contribution in [0.4, 0.5) is 0 Å². The molecule has 0 aromatic heterocycles. The summed E-state index contributed by atoms with van der Waals surface area (Å²) in [5.41, 5.74) is 0.744. The van der Waals surface area contributed by atoms with Gasteiger partial charge in [0.15, 0.2) is 5.79 Å². The molecule has 3 aromatic rings. The van der Waals surface area contributed by atoms with Gasteiger partial charge < -0.3 is 61.6 Å². The van der Waals surface area contributed by atoms with Gasteiger partial charge in [-0.15, -0.1) is 0 Å². The van der Waals surface area contributed by atoms with Crippen LogP contribution in [0.5, 0.6) is 5.75 Å². The summed E-state index contributed by atoms with van der Waals surface area (Å²) in [4.78, 5) is 0. The van der Waals surface area contributed by atoms with E-state index in [-0.39, 0.29) is 73.2 Å². The summed E-state index contributed by atoms with van der Waals surface area (Å²) in [5.74, 6) is 1.09. The lowest BCUT2D eigenvalue weighted by Crippen LogP contribution is -2.71. The molecule has 0 saturated carbocycles. The van der Waals surface area contributed by atoms with Crippen molar-refractivity contribution < 1.29 is 61.6 Å². The number of benzene rings is 3. The minimum Gasteiger partial charge on any atom is -0.497 e. The number of rotatable bonds is 15. The fourth-order valence-corrected chi connectivity index (χ4v) is 13.7. The number of hydrogen-bond donors (Lipinski definition) is 0. The molecule has 8 aliphatic rings. The quantitative estimate of drug-likeness (QED) is 0.135. The second kappa shape index (κ2) is 21.8. The molecule has 0 radical (unpaired) electrons. The number of ether oxygens (including phenoxy) is 13. The highest BCUT2D eigenvalue weighted by atomic mass is 16.7. The maximum atomic E-state index is 7.52. The Kier molecular flexibility index (Phi) is 15.5. The van der Waals surface area contributed by atoms with Gasteiger partial charge in [-0.3, -0.25) is 0 Å². The zero-order chi connectivity index (χ0) is 51.1. The molecule has 0 N–H and O–H groups in total. The summed E-state index contributed by atoms with van der Waals surface area (Å²) in [6.45, 7) is 15.5. The minimum atomic E-state index is -0.732. The molecule has 7 fully saturated rings. The molecule has 7 saturated heterocycles. The highest BCUT2D eigenvalue weighted by Crippen LogP contribution is 2.53. The molecule has 74 heavy (non-hydrogen) atoms. The topological polar surface area (TPSA) is 120 Å². The molecule has 11 rings (SSSR count). The molecule has 8 aliphatic heterocycles. The highest BCUT2D eigenvalue weighted by molar-refractivity contribution is 5.27. The Morgan fingerprint density at radius 1 is 0.608 bits per heavy atom. The van der Waals surface area contributed by atoms with Crippen LogP contribution in [0.3, 0.4) is 0 Å². The largest absolute Gasteiger partial charge is 0.497 e. The average Bonchev–Trinajstić information content (AvgIpc) is 3.66. The molecule has 0 amide bonds. The first-order valence-corrected chi connectivity index (χ1v) is 27.9. The normalized spacial score (nSPS) is 40.4. The van der Waals surface area contributed by atoms with Crippen LogP contribution >= 0.6 is 0 Å². The van der Waals surface area contributed by atoms with Crippen LogP contribution in [0.25, 0.3) is 0 Å². The maximum absolute atomic E-state index is 7.52. The van der Waals surface area contributed by atoms with Gasteiger partial charge in [-0.25, -0.2) is 0 Å². The SMILES string of the molecule is COc1ccc(CO[C@H]2C[C@@]3(C)O[C@@]4(C)[C@@H](OCc5ccccc5)C[C@H](CCCOCc5ccccc5)O[C@@H]4C[C@@H]3OC2CC2=CCC[C@@H]3O[C@@H]4C[C@@H]5O[C@@H]6COC(C)(C)O[C@H]6CC[C@H]5O[C@@]4(C)C[C@@]3(C)O2)cc1. The molecule has 13 nitrogen and oxygen atoms in total. The standard InChI is InChI=1S/C61H82O13/c1-57(2)66-38-51-47(72-57)28-27-46-49(68-51)32-53-60(5,73-46)39-59(4)52(70-53)22-14-20-45(71-59)30-48-50(64-36-42-23-25-43(62-7)26-24-42)34-58(3)54(69-48)33-56-61(6,74-58)55(65-37-41-18-12-9-13-19-41)31-44(67-56)21-15-29-63-35-40-16-10-8-11-17-40/h8-13,16-20,23-26,44,46-56H,14-15,21-22,27-39H2,1-7H3/t44-,46+,47-,48?,49-,50-,51+,52-,53+,54-,55-,56+,58+,59+,60-,61-/m0/s1. The van der Waals surface area contributed by atoms with E-state index in [2.05, 4.69) is 94.4 Å². The van der Waals surface area contributed by atoms with Crippen molar-refractivity contribution >= 4 is 0 Å². The van der Waals surface area contributed by atoms with Gasteiger partial charge in [0.25, 0.3) is 0 Å². The van der Waals surface area contributed by atoms with E-state index in [9.17, 15) is 0 Å². The number of fused-ring (bicyclic) bond motifs is 6. The maximum Gasteiger partial charge on any atom is 0.163 e. The Hall–Kier alpha value is -3.44. The van der Waals surface area contributed by atoms with Crippen molar-refractivity contribution in [3.63, 3.8) is 0 Å². The zero-order valence-electron chi connectivity index (χ0n) is 44.9. The average molecular weight is 1020 g/mol. The zero-order valence-corrected chi connectivity index (χ0v) is 44.9. The van der Waals surface area contributed by atoms with Gasteiger partial charge in [0.05, 0.1) is 118 Å². The Balaban J connectivity index is 0.801. The van der Waals surface area contributed by atoms with E-state index in [1.807, 2.05) is 38.1 Å². The first-order valence-electron chi connectivity index (χ1n) is 27.9. The lowest BCUT2D eigenvalue weighted by Gasteiger charge is -2.61. The monoisotopic (exact) mass is 1020 g/mol. The second-order valence-corrected chi connectivity index (χ2v) is 23.9. The van der Waals surface area contributed by atoms with Crippen molar-refractivity contribution in [2.45, 2.75) is 240 Å². The van der Waals surface area contributed by atoms with Crippen LogP contribution in [0.1, 0.15) is 135 Å². The molecule has 8 heterocycles. The molecule has 404 valence electrons. The second-order valence-electron chi connectivity index (χ2n) is 23.9. The smallest absolute Gasteiger partial charge is 0.163 e. The van der Waals surface area contributed by atoms with Gasteiger partial charge in [0.1, 0.15) is 23.1 Å². The van der Waals surface area contributed by atoms with Crippen LogP contribution in [-0.4, -0.2) is 122 Å². The van der Waals surface area contributed by atoms with Crippen molar-refractivity contribution in [3.8, 4) is 5.75 Å². The predicted molar refractivity (Wildman–Crippen MR) is 276 cm³/mol. The fraction of sp³-hybridized carbons (Fsp3) is 0.672. The van der Waals surface area contributed by atoms with Gasteiger partial charge in [-0.1, -0.05) is 72.8 Å². The minimum absolute atomic E-state index is 0.0196. The highest BCUT2D eigenvalue weighted by Gasteiger charge is 2.63. The van der Waals surface area contributed by atoms with Crippen molar-refractivity contribution in [2.24, 2.45) is 0 Å². The van der Waals surface area contributed by atoms with Gasteiger partial charge in [-0.05, 0) is 115 Å². The van der Waals surface area contributed by atoms with E-state index < -0.39 is 28.2 Å². The third-order valence-electron chi connectivity index (χ3n) is 17.7. The Morgan fingerprint density at radius 3 is 2.07 bits per heavy atom. The molecule has 16 atom stereocenters. The predicted octanol–water partition coefficient (Wildman–Crippen LogP) is 10.7. The molecule has 0 bridgehead atoms. The van der Waals surface area contributed by atoms with E-state index in [0.717, 1.165) is 74.0 Å². The summed E-state index contributed by atoms with van der Waals surface area (Å²) in [7, 11) is 1.69. The fourth-order valence-electron chi connectivity index (χ4n) is 13.7. The van der Waals surface area contributed by atoms with Gasteiger partial charge >= 0.3 is 0 Å². The summed E-state index contributed by atoms with van der Waals surface area (Å²) < 4.78 is 88.3. The first kappa shape index (κ1) is 52.6. The molecular weight excluding hydrogens is 941 g/mol. The molecule has 3 aromatic carbocycles. The van der Waals surface area contributed by atoms with Crippen LogP contribution in [0, 0.1) is 0 Å². The van der Waals surface area contributed by atoms with Crippen LogP contribution < -0.4 is 4.74 Å². The van der Waals surface area contributed by atoms with Gasteiger partial charge in [0, 0.05) is 45.1 Å². The van der Waals surface area contributed by atoms with E-state index >= 15 is 0 Å². The van der Waals surface area contributed by atoms with Crippen LogP contribution in [0.15, 0.2) is 96.8 Å². The Bertz CT molecular complexity index is 2350. The number of allylic oxidation sites excluding steroid dienone is 1. The van der Waals surface area contributed by atoms with Crippen LogP contribution in [-0.2, 0) is 76.7 Å². The van der Waals surface area contributed by atoms with Crippen molar-refractivity contribution in [2.75, 3.05) is 20.3 Å². The summed E-state index contributed by atoms with van der Waals surface area (Å²) in [5, 5.41) is 0. The molecule has 13 heteroatoms. The lowest BCUT2D eigenvalue weighted by atomic mass is 9.73. The van der Waals surface area contributed by atoms with Gasteiger partial charge in [-0.2, -0.15) is 0 Å². The van der Waals surface area contributed by atoms with E-state index in [1.54, 1.807) is 7.11 Å². The van der Waals surface area contributed by atoms with E-state index in [4.69, 9.17) is 61.6 Å². The lowest BCUT2D eigenvalue weighted by molar-refractivity contribution is -0.362. The third kappa shape index (κ3) is 11.4. The molecular formula is C61H82O13. The summed E-state index contributed by atoms with van der Waals surface area (Å²) >= 11 is 0. The van der Waals surface area contributed by atoms with Crippen molar-refractivity contribution in [3.05, 3.63) is 113 Å². The number of hydrogen-bond acceptors (Lipinski definition) is 13. The Labute approximate surface area is 439 Å². The Morgan fingerprint density at radius 2 is 1.31 bits per heavy atom. The van der Waals surface area contributed by atoms with Crippen molar-refractivity contribution in [1.82, 2.24) is 0 Å². The first-order chi connectivity index (χ1) is 35.7. The molecule has 0 aliphatic carbocycles.